The molecule has 0 aromatic heterocycles. The van der Waals surface area contributed by atoms with Crippen molar-refractivity contribution in [1.82, 2.24) is 0 Å². The van der Waals surface area contributed by atoms with Gasteiger partial charge in [0.1, 0.15) is 11.5 Å². The SMILES string of the molecule is COc1cccc2c1C(=C(Br)c1ccccc1)c1c(OC)cccc1S2. The van der Waals surface area contributed by atoms with Crippen LogP contribution in [0.3, 0.4) is 0 Å². The summed E-state index contributed by atoms with van der Waals surface area (Å²) in [4.78, 5) is 2.35. The quantitative estimate of drug-likeness (QED) is 0.374. The largest absolute Gasteiger partial charge is 0.496 e. The van der Waals surface area contributed by atoms with Gasteiger partial charge in [0.05, 0.1) is 14.2 Å². The van der Waals surface area contributed by atoms with Crippen LogP contribution in [-0.4, -0.2) is 14.2 Å². The van der Waals surface area contributed by atoms with Gasteiger partial charge in [-0.3, -0.25) is 0 Å². The third-order valence-corrected chi connectivity index (χ3v) is 6.36. The maximum Gasteiger partial charge on any atom is 0.127 e. The van der Waals surface area contributed by atoms with E-state index in [4.69, 9.17) is 9.47 Å². The van der Waals surface area contributed by atoms with E-state index in [2.05, 4.69) is 40.2 Å². The molecule has 0 amide bonds. The van der Waals surface area contributed by atoms with Gasteiger partial charge in [0, 0.05) is 31.0 Å². The Morgan fingerprint density at radius 3 is 1.77 bits per heavy atom. The standard InChI is InChI=1S/C22H17BrO2S/c1-24-15-10-6-12-17-19(15)21(22(23)14-8-4-3-5-9-14)20-16(25-2)11-7-13-18(20)26-17/h3-13H,1-2H3. The molecule has 2 nitrogen and oxygen atoms in total. The molecule has 1 heterocycles. The van der Waals surface area contributed by atoms with Gasteiger partial charge in [-0.25, -0.2) is 0 Å². The molecule has 0 atom stereocenters. The third-order valence-electron chi connectivity index (χ3n) is 4.38. The van der Waals surface area contributed by atoms with Crippen LogP contribution in [0, 0.1) is 0 Å². The van der Waals surface area contributed by atoms with Crippen molar-refractivity contribution < 1.29 is 9.47 Å². The van der Waals surface area contributed by atoms with Crippen LogP contribution in [0.2, 0.25) is 0 Å². The van der Waals surface area contributed by atoms with Crippen LogP contribution < -0.4 is 9.47 Å². The van der Waals surface area contributed by atoms with E-state index in [0.29, 0.717) is 0 Å². The summed E-state index contributed by atoms with van der Waals surface area (Å²) in [6, 6.07) is 22.7. The van der Waals surface area contributed by atoms with E-state index in [1.807, 2.05) is 42.5 Å². The Morgan fingerprint density at radius 2 is 1.27 bits per heavy atom. The second-order valence-electron chi connectivity index (χ2n) is 5.82. The molecule has 3 aromatic carbocycles. The fourth-order valence-electron chi connectivity index (χ4n) is 3.22. The van der Waals surface area contributed by atoms with Crippen molar-refractivity contribution in [3.63, 3.8) is 0 Å². The first-order chi connectivity index (χ1) is 12.7. The monoisotopic (exact) mass is 424 g/mol. The van der Waals surface area contributed by atoms with Crippen LogP contribution in [0.25, 0.3) is 10.1 Å². The summed E-state index contributed by atoms with van der Waals surface area (Å²) in [5.41, 5.74) is 4.39. The normalized spacial score (nSPS) is 12.2. The van der Waals surface area contributed by atoms with Gasteiger partial charge in [0.25, 0.3) is 0 Å². The van der Waals surface area contributed by atoms with Crippen LogP contribution >= 0.6 is 27.7 Å². The highest BCUT2D eigenvalue weighted by molar-refractivity contribution is 9.15. The van der Waals surface area contributed by atoms with Gasteiger partial charge in [0.2, 0.25) is 0 Å². The molecule has 130 valence electrons. The number of methoxy groups -OCH3 is 2. The Morgan fingerprint density at radius 1 is 0.731 bits per heavy atom. The molecule has 1 aliphatic rings. The highest BCUT2D eigenvalue weighted by Crippen LogP contribution is 2.54. The lowest BCUT2D eigenvalue weighted by Crippen LogP contribution is -2.05. The predicted octanol–water partition coefficient (Wildman–Crippen LogP) is 6.48. The lowest BCUT2D eigenvalue weighted by molar-refractivity contribution is 0.409. The molecule has 0 spiro atoms. The smallest absolute Gasteiger partial charge is 0.127 e. The molecule has 26 heavy (non-hydrogen) atoms. The van der Waals surface area contributed by atoms with Crippen molar-refractivity contribution >= 4 is 37.7 Å². The van der Waals surface area contributed by atoms with Crippen molar-refractivity contribution in [1.29, 1.82) is 0 Å². The highest BCUT2D eigenvalue weighted by atomic mass is 79.9. The predicted molar refractivity (Wildman–Crippen MR) is 111 cm³/mol. The first kappa shape index (κ1) is 17.3. The summed E-state index contributed by atoms with van der Waals surface area (Å²) < 4.78 is 12.4. The van der Waals surface area contributed by atoms with Crippen LogP contribution in [0.4, 0.5) is 0 Å². The molecule has 0 N–H and O–H groups in total. The van der Waals surface area contributed by atoms with Gasteiger partial charge < -0.3 is 9.47 Å². The molecule has 0 aliphatic carbocycles. The molecule has 4 rings (SSSR count). The zero-order valence-corrected chi connectivity index (χ0v) is 16.9. The highest BCUT2D eigenvalue weighted by Gasteiger charge is 2.29. The number of fused-ring (bicyclic) bond motifs is 2. The number of hydrogen-bond acceptors (Lipinski definition) is 3. The number of hydrogen-bond donors (Lipinski definition) is 0. The van der Waals surface area contributed by atoms with E-state index in [0.717, 1.165) is 38.2 Å². The zero-order valence-electron chi connectivity index (χ0n) is 14.5. The van der Waals surface area contributed by atoms with Crippen LogP contribution in [0.1, 0.15) is 16.7 Å². The minimum absolute atomic E-state index is 0.856. The maximum absolute atomic E-state index is 5.71. The van der Waals surface area contributed by atoms with E-state index in [1.54, 1.807) is 26.0 Å². The van der Waals surface area contributed by atoms with E-state index in [9.17, 15) is 0 Å². The number of ether oxygens (including phenoxy) is 2. The molecule has 3 aromatic rings. The third kappa shape index (κ3) is 2.83. The van der Waals surface area contributed by atoms with Gasteiger partial charge in [-0.2, -0.15) is 0 Å². The Bertz CT molecular complexity index is 941. The Hall–Kier alpha value is -2.17. The Kier molecular flexibility index (Phi) is 4.79. The number of rotatable bonds is 3. The summed E-state index contributed by atoms with van der Waals surface area (Å²) in [6.07, 6.45) is 0. The second kappa shape index (κ2) is 7.22. The molecular formula is C22H17BrO2S. The van der Waals surface area contributed by atoms with Crippen LogP contribution in [0.15, 0.2) is 76.5 Å². The Balaban J connectivity index is 2.10. The molecule has 4 heteroatoms. The summed E-state index contributed by atoms with van der Waals surface area (Å²) in [7, 11) is 3.43. The summed E-state index contributed by atoms with van der Waals surface area (Å²) in [5, 5.41) is 0. The summed E-state index contributed by atoms with van der Waals surface area (Å²) in [5.74, 6) is 1.71. The minimum Gasteiger partial charge on any atom is -0.496 e. The Labute approximate surface area is 166 Å². The average molecular weight is 425 g/mol. The summed E-state index contributed by atoms with van der Waals surface area (Å²) in [6.45, 7) is 0. The molecule has 0 saturated heterocycles. The van der Waals surface area contributed by atoms with Gasteiger partial charge in [-0.05, 0) is 45.8 Å². The van der Waals surface area contributed by atoms with Gasteiger partial charge >= 0.3 is 0 Å². The van der Waals surface area contributed by atoms with Crippen molar-refractivity contribution in [3.05, 3.63) is 83.4 Å². The van der Waals surface area contributed by atoms with Crippen molar-refractivity contribution in [3.8, 4) is 11.5 Å². The van der Waals surface area contributed by atoms with Gasteiger partial charge in [0.15, 0.2) is 0 Å². The first-order valence-corrected chi connectivity index (χ1v) is 9.83. The number of benzene rings is 3. The fourth-order valence-corrected chi connectivity index (χ4v) is 5.02. The molecular weight excluding hydrogens is 408 g/mol. The van der Waals surface area contributed by atoms with E-state index < -0.39 is 0 Å². The van der Waals surface area contributed by atoms with Crippen molar-refractivity contribution in [2.75, 3.05) is 14.2 Å². The lowest BCUT2D eigenvalue weighted by atomic mass is 9.93. The van der Waals surface area contributed by atoms with Crippen molar-refractivity contribution in [2.24, 2.45) is 0 Å². The molecule has 0 radical (unpaired) electrons. The maximum atomic E-state index is 5.71. The van der Waals surface area contributed by atoms with Gasteiger partial charge in [-0.15, -0.1) is 0 Å². The lowest BCUT2D eigenvalue weighted by Gasteiger charge is -2.26. The minimum atomic E-state index is 0.856. The van der Waals surface area contributed by atoms with Crippen molar-refractivity contribution in [2.45, 2.75) is 9.79 Å². The molecule has 1 aliphatic heterocycles. The molecule has 0 bridgehead atoms. The van der Waals surface area contributed by atoms with E-state index >= 15 is 0 Å². The molecule has 0 fully saturated rings. The first-order valence-electron chi connectivity index (χ1n) is 8.22. The van der Waals surface area contributed by atoms with Crippen LogP contribution in [0.5, 0.6) is 11.5 Å². The van der Waals surface area contributed by atoms with Gasteiger partial charge in [-0.1, -0.05) is 54.2 Å². The fraction of sp³-hybridized carbons (Fsp3) is 0.0909. The van der Waals surface area contributed by atoms with E-state index in [1.165, 1.54) is 9.79 Å². The molecule has 0 saturated carbocycles. The topological polar surface area (TPSA) is 18.5 Å². The zero-order chi connectivity index (χ0) is 18.1. The average Bonchev–Trinajstić information content (AvgIpc) is 2.71. The van der Waals surface area contributed by atoms with E-state index in [-0.39, 0.29) is 0 Å². The summed E-state index contributed by atoms with van der Waals surface area (Å²) >= 11 is 5.62. The van der Waals surface area contributed by atoms with Crippen LogP contribution in [-0.2, 0) is 0 Å². The second-order valence-corrected chi connectivity index (χ2v) is 7.70. The molecule has 0 unspecified atom stereocenters. The number of halogens is 1.